The Kier molecular flexibility index (Phi) is 5.95. The number of hydrogen-bond acceptors (Lipinski definition) is 2. The van der Waals surface area contributed by atoms with Crippen LogP contribution in [0.2, 0.25) is 0 Å². The maximum Gasteiger partial charge on any atom is 0.220 e. The van der Waals surface area contributed by atoms with Crippen molar-refractivity contribution in [1.29, 1.82) is 0 Å². The van der Waals surface area contributed by atoms with Crippen LogP contribution >= 0.6 is 15.9 Å². The number of aryl methyl sites for hydroxylation is 1. The monoisotopic (exact) mass is 365 g/mol. The molecule has 0 fully saturated rings. The molecule has 0 heterocycles. The molecule has 0 saturated heterocycles. The second kappa shape index (κ2) is 7.94. The first-order chi connectivity index (χ1) is 10.6. The van der Waals surface area contributed by atoms with Gasteiger partial charge in [0.25, 0.3) is 0 Å². The van der Waals surface area contributed by atoms with Gasteiger partial charge < -0.3 is 10.1 Å². The largest absolute Gasteiger partial charge is 0.497 e. The smallest absolute Gasteiger partial charge is 0.220 e. The van der Waals surface area contributed by atoms with Gasteiger partial charge in [0.1, 0.15) is 11.6 Å². The lowest BCUT2D eigenvalue weighted by atomic mass is 10.1. The minimum atomic E-state index is -0.321. The summed E-state index contributed by atoms with van der Waals surface area (Å²) in [6.45, 7) is 0.187. The van der Waals surface area contributed by atoms with E-state index in [1.165, 1.54) is 6.07 Å². The Bertz CT molecular complexity index is 644. The summed E-state index contributed by atoms with van der Waals surface area (Å²) in [5.74, 6) is 0.368. The highest BCUT2D eigenvalue weighted by Crippen LogP contribution is 2.15. The minimum Gasteiger partial charge on any atom is -0.497 e. The van der Waals surface area contributed by atoms with Crippen molar-refractivity contribution in [2.75, 3.05) is 7.11 Å². The van der Waals surface area contributed by atoms with E-state index in [-0.39, 0.29) is 18.3 Å². The van der Waals surface area contributed by atoms with Crippen LogP contribution in [0.4, 0.5) is 4.39 Å². The molecule has 1 amide bonds. The molecule has 5 heteroatoms. The van der Waals surface area contributed by atoms with Crippen LogP contribution in [0.5, 0.6) is 5.75 Å². The van der Waals surface area contributed by atoms with Crippen molar-refractivity contribution in [2.24, 2.45) is 0 Å². The van der Waals surface area contributed by atoms with Gasteiger partial charge in [-0.25, -0.2) is 4.39 Å². The summed E-state index contributed by atoms with van der Waals surface area (Å²) >= 11 is 3.29. The third-order valence-corrected chi connectivity index (χ3v) is 3.78. The predicted molar refractivity (Wildman–Crippen MR) is 87.3 cm³/mol. The molecule has 2 rings (SSSR count). The van der Waals surface area contributed by atoms with Crippen molar-refractivity contribution < 1.29 is 13.9 Å². The molecule has 116 valence electrons. The maximum atomic E-state index is 13.6. The van der Waals surface area contributed by atoms with E-state index in [4.69, 9.17) is 4.74 Å². The zero-order valence-corrected chi connectivity index (χ0v) is 13.8. The van der Waals surface area contributed by atoms with E-state index in [1.807, 2.05) is 24.3 Å². The minimum absolute atomic E-state index is 0.102. The van der Waals surface area contributed by atoms with Crippen LogP contribution < -0.4 is 10.1 Å². The van der Waals surface area contributed by atoms with Gasteiger partial charge in [-0.3, -0.25) is 4.79 Å². The number of carbonyl (C=O) groups excluding carboxylic acids is 1. The van der Waals surface area contributed by atoms with Crippen LogP contribution in [-0.2, 0) is 17.8 Å². The van der Waals surface area contributed by atoms with Crippen LogP contribution in [0.1, 0.15) is 17.5 Å². The Morgan fingerprint density at radius 3 is 2.64 bits per heavy atom. The molecule has 2 aromatic rings. The predicted octanol–water partition coefficient (Wildman–Crippen LogP) is 3.85. The van der Waals surface area contributed by atoms with Gasteiger partial charge in [-0.1, -0.05) is 28.1 Å². The van der Waals surface area contributed by atoms with Gasteiger partial charge in [-0.2, -0.15) is 0 Å². The van der Waals surface area contributed by atoms with Gasteiger partial charge in [-0.15, -0.1) is 0 Å². The van der Waals surface area contributed by atoms with Crippen LogP contribution in [0, 0.1) is 5.82 Å². The highest BCUT2D eigenvalue weighted by atomic mass is 79.9. The van der Waals surface area contributed by atoms with E-state index in [0.717, 1.165) is 15.8 Å². The maximum absolute atomic E-state index is 13.6. The van der Waals surface area contributed by atoms with E-state index >= 15 is 0 Å². The Labute approximate surface area is 137 Å². The molecule has 0 spiro atoms. The zero-order chi connectivity index (χ0) is 15.9. The van der Waals surface area contributed by atoms with Gasteiger partial charge in [0.15, 0.2) is 0 Å². The van der Waals surface area contributed by atoms with Crippen molar-refractivity contribution >= 4 is 21.8 Å². The summed E-state index contributed by atoms with van der Waals surface area (Å²) in [6.07, 6.45) is 0.999. The lowest BCUT2D eigenvalue weighted by Crippen LogP contribution is -2.23. The fraction of sp³-hybridized carbons (Fsp3) is 0.235. The number of rotatable bonds is 6. The molecule has 0 aliphatic heterocycles. The van der Waals surface area contributed by atoms with Crippen molar-refractivity contribution in [3.05, 3.63) is 63.9 Å². The fourth-order valence-corrected chi connectivity index (χ4v) is 2.42. The SMILES string of the molecule is COc1ccc(CCC(=O)NCc2cc(Br)ccc2F)cc1. The van der Waals surface area contributed by atoms with Crippen molar-refractivity contribution in [3.63, 3.8) is 0 Å². The van der Waals surface area contributed by atoms with Gasteiger partial charge in [-0.05, 0) is 42.3 Å². The highest BCUT2D eigenvalue weighted by Gasteiger charge is 2.06. The second-order valence-electron chi connectivity index (χ2n) is 4.86. The third kappa shape index (κ3) is 4.84. The van der Waals surface area contributed by atoms with E-state index in [2.05, 4.69) is 21.2 Å². The number of carbonyl (C=O) groups is 1. The molecule has 1 N–H and O–H groups in total. The third-order valence-electron chi connectivity index (χ3n) is 3.28. The van der Waals surface area contributed by atoms with Gasteiger partial charge in [0, 0.05) is 23.0 Å². The van der Waals surface area contributed by atoms with Crippen molar-refractivity contribution in [2.45, 2.75) is 19.4 Å². The number of hydrogen-bond donors (Lipinski definition) is 1. The summed E-state index contributed by atoms with van der Waals surface area (Å²) in [4.78, 5) is 11.8. The van der Waals surface area contributed by atoms with Crippen LogP contribution in [0.15, 0.2) is 46.9 Å². The Morgan fingerprint density at radius 1 is 1.23 bits per heavy atom. The van der Waals surface area contributed by atoms with Gasteiger partial charge in [0.05, 0.1) is 7.11 Å². The van der Waals surface area contributed by atoms with Gasteiger partial charge in [0.2, 0.25) is 5.91 Å². The number of ether oxygens (including phenoxy) is 1. The first-order valence-corrected chi connectivity index (χ1v) is 7.71. The molecule has 0 aliphatic rings. The fourth-order valence-electron chi connectivity index (χ4n) is 2.01. The Balaban J connectivity index is 1.81. The highest BCUT2D eigenvalue weighted by molar-refractivity contribution is 9.10. The molecule has 0 bridgehead atoms. The number of halogens is 2. The Morgan fingerprint density at radius 2 is 1.95 bits per heavy atom. The summed E-state index contributed by atoms with van der Waals surface area (Å²) in [5.41, 5.74) is 1.52. The molecule has 0 aromatic heterocycles. The van der Waals surface area contributed by atoms with Crippen molar-refractivity contribution in [1.82, 2.24) is 5.32 Å². The molecule has 2 aromatic carbocycles. The zero-order valence-electron chi connectivity index (χ0n) is 12.2. The molecular formula is C17H17BrFNO2. The van der Waals surface area contributed by atoms with Gasteiger partial charge >= 0.3 is 0 Å². The first-order valence-electron chi connectivity index (χ1n) is 6.92. The topological polar surface area (TPSA) is 38.3 Å². The van der Waals surface area contributed by atoms with Crippen LogP contribution in [0.3, 0.4) is 0 Å². The van der Waals surface area contributed by atoms with E-state index in [1.54, 1.807) is 19.2 Å². The molecule has 3 nitrogen and oxygen atoms in total. The van der Waals surface area contributed by atoms with E-state index in [9.17, 15) is 9.18 Å². The number of methoxy groups -OCH3 is 1. The first kappa shape index (κ1) is 16.5. The summed E-state index contributed by atoms with van der Waals surface area (Å²) < 4.78 is 19.4. The average Bonchev–Trinajstić information content (AvgIpc) is 2.54. The molecule has 0 unspecified atom stereocenters. The van der Waals surface area contributed by atoms with Crippen LogP contribution in [0.25, 0.3) is 0 Å². The standard InChI is InChI=1S/C17H17BrFNO2/c1-22-15-6-2-12(3-7-15)4-9-17(21)20-11-13-10-14(18)5-8-16(13)19/h2-3,5-8,10H,4,9,11H2,1H3,(H,20,21). The Hall–Kier alpha value is -1.88. The summed E-state index contributed by atoms with van der Waals surface area (Å²) in [5, 5.41) is 2.74. The average molecular weight is 366 g/mol. The summed E-state index contributed by atoms with van der Waals surface area (Å²) in [6, 6.07) is 12.3. The number of nitrogens with one attached hydrogen (secondary N) is 1. The molecule has 0 radical (unpaired) electrons. The molecule has 0 atom stereocenters. The lowest BCUT2D eigenvalue weighted by Gasteiger charge is -2.07. The number of amides is 1. The molecule has 0 saturated carbocycles. The van der Waals surface area contributed by atoms with Crippen LogP contribution in [-0.4, -0.2) is 13.0 Å². The quantitative estimate of drug-likeness (QED) is 0.844. The molecular weight excluding hydrogens is 349 g/mol. The number of benzene rings is 2. The van der Waals surface area contributed by atoms with Crippen molar-refractivity contribution in [3.8, 4) is 5.75 Å². The summed E-state index contributed by atoms with van der Waals surface area (Å²) in [7, 11) is 1.61. The normalized spacial score (nSPS) is 10.3. The second-order valence-corrected chi connectivity index (χ2v) is 5.78. The molecule has 0 aliphatic carbocycles. The molecule has 22 heavy (non-hydrogen) atoms. The van der Waals surface area contributed by atoms with E-state index < -0.39 is 0 Å². The lowest BCUT2D eigenvalue weighted by molar-refractivity contribution is -0.121. The van der Waals surface area contributed by atoms with E-state index in [0.29, 0.717) is 18.4 Å².